The number of carbonyl (C=O) groups excluding carboxylic acids is 1. The van der Waals surface area contributed by atoms with E-state index in [9.17, 15) is 4.79 Å². The van der Waals surface area contributed by atoms with Gasteiger partial charge < -0.3 is 10.6 Å². The molecule has 0 bridgehead atoms. The minimum absolute atomic E-state index is 0.0312. The standard InChI is InChI=1S/C15H15N3OS/c1-18(9-14-10-20-11-17-14)15(19)13-6-4-12(5-7-13)3-2-8-16/h4-7,10-11H,8-9,16H2,1H3. The number of amides is 1. The summed E-state index contributed by atoms with van der Waals surface area (Å²) in [5.74, 6) is 5.68. The number of aromatic nitrogens is 1. The van der Waals surface area contributed by atoms with Crippen molar-refractivity contribution in [2.75, 3.05) is 13.6 Å². The zero-order chi connectivity index (χ0) is 14.4. The first kappa shape index (κ1) is 14.3. The molecule has 0 saturated carbocycles. The quantitative estimate of drug-likeness (QED) is 0.874. The lowest BCUT2D eigenvalue weighted by molar-refractivity contribution is 0.0783. The van der Waals surface area contributed by atoms with E-state index in [2.05, 4.69) is 16.8 Å². The Hall–Kier alpha value is -2.16. The van der Waals surface area contributed by atoms with Crippen LogP contribution in [-0.4, -0.2) is 29.4 Å². The molecule has 1 heterocycles. The molecule has 2 rings (SSSR count). The molecule has 1 aromatic carbocycles. The number of nitrogens with two attached hydrogens (primary N) is 1. The van der Waals surface area contributed by atoms with Gasteiger partial charge in [0, 0.05) is 23.6 Å². The Kier molecular flexibility index (Phi) is 4.88. The van der Waals surface area contributed by atoms with Crippen LogP contribution in [0, 0.1) is 11.8 Å². The van der Waals surface area contributed by atoms with E-state index in [1.807, 2.05) is 17.5 Å². The number of hydrogen-bond donors (Lipinski definition) is 1. The maximum absolute atomic E-state index is 12.2. The SMILES string of the molecule is CN(Cc1cscn1)C(=O)c1ccc(C#CCN)cc1. The predicted molar refractivity (Wildman–Crippen MR) is 80.3 cm³/mol. The van der Waals surface area contributed by atoms with Crippen LogP contribution >= 0.6 is 11.3 Å². The Bertz CT molecular complexity index is 623. The van der Waals surface area contributed by atoms with Crippen LogP contribution in [0.5, 0.6) is 0 Å². The van der Waals surface area contributed by atoms with Crippen LogP contribution in [0.4, 0.5) is 0 Å². The van der Waals surface area contributed by atoms with Gasteiger partial charge in [0.25, 0.3) is 5.91 Å². The maximum Gasteiger partial charge on any atom is 0.253 e. The van der Waals surface area contributed by atoms with Gasteiger partial charge in [0.1, 0.15) is 0 Å². The fourth-order valence-corrected chi connectivity index (χ4v) is 2.25. The molecular weight excluding hydrogens is 270 g/mol. The van der Waals surface area contributed by atoms with Gasteiger partial charge in [-0.3, -0.25) is 4.79 Å². The largest absolute Gasteiger partial charge is 0.336 e. The van der Waals surface area contributed by atoms with Crippen molar-refractivity contribution in [2.45, 2.75) is 6.54 Å². The number of rotatable bonds is 3. The first-order valence-electron chi connectivity index (χ1n) is 6.12. The van der Waals surface area contributed by atoms with Crippen molar-refractivity contribution in [3.63, 3.8) is 0 Å². The monoisotopic (exact) mass is 285 g/mol. The lowest BCUT2D eigenvalue weighted by Crippen LogP contribution is -2.26. The summed E-state index contributed by atoms with van der Waals surface area (Å²) in [6.45, 7) is 0.841. The minimum Gasteiger partial charge on any atom is -0.336 e. The Labute approximate surface area is 122 Å². The van der Waals surface area contributed by atoms with Crippen LogP contribution in [0.1, 0.15) is 21.6 Å². The molecule has 2 aromatic rings. The predicted octanol–water partition coefficient (Wildman–Crippen LogP) is 1.73. The highest BCUT2D eigenvalue weighted by atomic mass is 32.1. The molecule has 20 heavy (non-hydrogen) atoms. The summed E-state index contributed by atoms with van der Waals surface area (Å²) < 4.78 is 0. The molecule has 102 valence electrons. The summed E-state index contributed by atoms with van der Waals surface area (Å²) >= 11 is 1.52. The third-order valence-electron chi connectivity index (χ3n) is 2.70. The number of carbonyl (C=O) groups is 1. The van der Waals surface area contributed by atoms with Crippen molar-refractivity contribution in [3.8, 4) is 11.8 Å². The third kappa shape index (κ3) is 3.67. The second kappa shape index (κ2) is 6.85. The fraction of sp³-hybridized carbons (Fsp3) is 0.200. The van der Waals surface area contributed by atoms with Crippen LogP contribution in [0.2, 0.25) is 0 Å². The lowest BCUT2D eigenvalue weighted by Gasteiger charge is -2.15. The van der Waals surface area contributed by atoms with E-state index >= 15 is 0 Å². The molecule has 0 atom stereocenters. The molecule has 0 aliphatic rings. The van der Waals surface area contributed by atoms with Crippen molar-refractivity contribution in [2.24, 2.45) is 5.73 Å². The van der Waals surface area contributed by atoms with Crippen LogP contribution in [0.25, 0.3) is 0 Å². The van der Waals surface area contributed by atoms with E-state index in [-0.39, 0.29) is 5.91 Å². The Balaban J connectivity index is 2.05. The van der Waals surface area contributed by atoms with Crippen LogP contribution in [-0.2, 0) is 6.54 Å². The summed E-state index contributed by atoms with van der Waals surface area (Å²) in [5.41, 5.74) is 9.48. The average molecular weight is 285 g/mol. The highest BCUT2D eigenvalue weighted by molar-refractivity contribution is 7.07. The summed E-state index contributed by atoms with van der Waals surface area (Å²) in [5, 5.41) is 1.94. The number of thiazole rings is 1. The first-order chi connectivity index (χ1) is 9.70. The van der Waals surface area contributed by atoms with Crippen molar-refractivity contribution in [3.05, 3.63) is 52.0 Å². The van der Waals surface area contributed by atoms with Crippen LogP contribution in [0.3, 0.4) is 0 Å². The summed E-state index contributed by atoms with van der Waals surface area (Å²) in [6, 6.07) is 7.21. The third-order valence-corrected chi connectivity index (χ3v) is 3.33. The van der Waals surface area contributed by atoms with Gasteiger partial charge in [0.05, 0.1) is 24.3 Å². The van der Waals surface area contributed by atoms with E-state index in [4.69, 9.17) is 5.73 Å². The Morgan fingerprint density at radius 2 is 2.15 bits per heavy atom. The molecule has 2 N–H and O–H groups in total. The van der Waals surface area contributed by atoms with Crippen LogP contribution < -0.4 is 5.73 Å². The lowest BCUT2D eigenvalue weighted by atomic mass is 10.1. The van der Waals surface area contributed by atoms with Crippen molar-refractivity contribution >= 4 is 17.2 Å². The second-order valence-corrected chi connectivity index (χ2v) is 4.94. The minimum atomic E-state index is -0.0312. The molecule has 0 spiro atoms. The number of benzene rings is 1. The van der Waals surface area contributed by atoms with E-state index < -0.39 is 0 Å². The van der Waals surface area contributed by atoms with E-state index in [0.29, 0.717) is 18.7 Å². The molecule has 0 saturated heterocycles. The van der Waals surface area contributed by atoms with Gasteiger partial charge in [-0.05, 0) is 24.3 Å². The van der Waals surface area contributed by atoms with E-state index in [0.717, 1.165) is 11.3 Å². The molecule has 1 aromatic heterocycles. The normalized spacial score (nSPS) is 9.70. The van der Waals surface area contributed by atoms with Crippen molar-refractivity contribution in [1.82, 2.24) is 9.88 Å². The fourth-order valence-electron chi connectivity index (χ4n) is 1.70. The average Bonchev–Trinajstić information content (AvgIpc) is 2.97. The van der Waals surface area contributed by atoms with E-state index in [1.165, 1.54) is 11.3 Å². The smallest absolute Gasteiger partial charge is 0.253 e. The molecule has 0 aliphatic carbocycles. The molecular formula is C15H15N3OS. The topological polar surface area (TPSA) is 59.2 Å². The molecule has 0 aliphatic heterocycles. The van der Waals surface area contributed by atoms with Gasteiger partial charge >= 0.3 is 0 Å². The molecule has 0 fully saturated rings. The molecule has 4 nitrogen and oxygen atoms in total. The van der Waals surface area contributed by atoms with Gasteiger partial charge in [0.15, 0.2) is 0 Å². The van der Waals surface area contributed by atoms with Gasteiger partial charge in [-0.25, -0.2) is 4.98 Å². The molecule has 1 amide bonds. The van der Waals surface area contributed by atoms with Crippen LogP contribution in [0.15, 0.2) is 35.2 Å². The number of nitrogens with zero attached hydrogens (tertiary/aromatic N) is 2. The summed E-state index contributed by atoms with van der Waals surface area (Å²) in [7, 11) is 1.77. The van der Waals surface area contributed by atoms with Crippen molar-refractivity contribution < 1.29 is 4.79 Å². The Morgan fingerprint density at radius 1 is 1.40 bits per heavy atom. The molecule has 5 heteroatoms. The van der Waals surface area contributed by atoms with E-state index in [1.54, 1.807) is 29.6 Å². The second-order valence-electron chi connectivity index (χ2n) is 4.22. The van der Waals surface area contributed by atoms with Gasteiger partial charge in [-0.2, -0.15) is 0 Å². The highest BCUT2D eigenvalue weighted by Crippen LogP contribution is 2.10. The van der Waals surface area contributed by atoms with Crippen molar-refractivity contribution in [1.29, 1.82) is 0 Å². The Morgan fingerprint density at radius 3 is 2.75 bits per heavy atom. The van der Waals surface area contributed by atoms with Gasteiger partial charge in [-0.15, -0.1) is 11.3 Å². The summed E-state index contributed by atoms with van der Waals surface area (Å²) in [4.78, 5) is 18.1. The zero-order valence-corrected chi connectivity index (χ0v) is 12.0. The maximum atomic E-state index is 12.2. The molecule has 0 radical (unpaired) electrons. The first-order valence-corrected chi connectivity index (χ1v) is 7.06. The number of hydrogen-bond acceptors (Lipinski definition) is 4. The van der Waals surface area contributed by atoms with Gasteiger partial charge in [0.2, 0.25) is 0 Å². The molecule has 0 unspecified atom stereocenters. The summed E-state index contributed by atoms with van der Waals surface area (Å²) in [6.07, 6.45) is 0. The van der Waals surface area contributed by atoms with Gasteiger partial charge in [-0.1, -0.05) is 11.8 Å². The zero-order valence-electron chi connectivity index (χ0n) is 11.2. The highest BCUT2D eigenvalue weighted by Gasteiger charge is 2.12.